The van der Waals surface area contributed by atoms with Gasteiger partial charge in [-0.25, -0.2) is 4.79 Å². The van der Waals surface area contributed by atoms with Crippen molar-refractivity contribution >= 4 is 16.9 Å². The van der Waals surface area contributed by atoms with Crippen molar-refractivity contribution in [3.8, 4) is 17.6 Å². The van der Waals surface area contributed by atoms with E-state index in [1.54, 1.807) is 0 Å². The normalized spacial score (nSPS) is 18.0. The minimum atomic E-state index is -0.777. The van der Waals surface area contributed by atoms with Crippen LogP contribution in [0.3, 0.4) is 0 Å². The predicted octanol–water partition coefficient (Wildman–Crippen LogP) is 4.97. The average molecular weight is 402 g/mol. The zero-order valence-corrected chi connectivity index (χ0v) is 18.5. The molecule has 0 amide bonds. The maximum atomic E-state index is 12.3. The summed E-state index contributed by atoms with van der Waals surface area (Å²) in [7, 11) is 0.388. The molecule has 0 bridgehead atoms. The third-order valence-corrected chi connectivity index (χ3v) is 7.90. The molecular formula is C24H33O3S+. The molecule has 4 heteroatoms. The van der Waals surface area contributed by atoms with E-state index in [1.807, 2.05) is 13.8 Å². The molecule has 0 aromatic heterocycles. The van der Waals surface area contributed by atoms with E-state index in [2.05, 4.69) is 37.8 Å². The molecule has 1 saturated heterocycles. The van der Waals surface area contributed by atoms with E-state index in [0.717, 1.165) is 29.7 Å². The molecule has 0 spiro atoms. The fourth-order valence-corrected chi connectivity index (χ4v) is 6.48. The number of benzene rings is 1. The molecule has 1 aromatic carbocycles. The second-order valence-electron chi connectivity index (χ2n) is 8.52. The zero-order valence-electron chi connectivity index (χ0n) is 17.7. The van der Waals surface area contributed by atoms with Crippen LogP contribution in [0.15, 0.2) is 17.0 Å². The van der Waals surface area contributed by atoms with Crippen molar-refractivity contribution in [2.75, 3.05) is 18.1 Å². The van der Waals surface area contributed by atoms with E-state index in [-0.39, 0.29) is 12.6 Å². The van der Waals surface area contributed by atoms with Gasteiger partial charge in [0.15, 0.2) is 17.1 Å². The number of rotatable bonds is 5. The van der Waals surface area contributed by atoms with Crippen LogP contribution in [-0.4, -0.2) is 29.7 Å². The maximum Gasteiger partial charge on any atom is 0.345 e. The third kappa shape index (κ3) is 5.70. The summed E-state index contributed by atoms with van der Waals surface area (Å²) in [4.78, 5) is 13.7. The smallest absolute Gasteiger partial charge is 0.345 e. The van der Waals surface area contributed by atoms with Crippen LogP contribution in [0.25, 0.3) is 0 Å². The quantitative estimate of drug-likeness (QED) is 0.397. The largest absolute Gasteiger partial charge is 0.481 e. The van der Waals surface area contributed by atoms with Crippen LogP contribution in [0.4, 0.5) is 0 Å². The van der Waals surface area contributed by atoms with Gasteiger partial charge in [-0.15, -0.1) is 0 Å². The minimum absolute atomic E-state index is 0.0821. The van der Waals surface area contributed by atoms with Crippen LogP contribution in [0.1, 0.15) is 63.5 Å². The van der Waals surface area contributed by atoms with E-state index in [0.29, 0.717) is 16.8 Å². The number of aryl methyl sites for hydroxylation is 2. The van der Waals surface area contributed by atoms with Crippen molar-refractivity contribution in [2.45, 2.75) is 76.7 Å². The number of ether oxygens (including phenoxy) is 2. The van der Waals surface area contributed by atoms with Gasteiger partial charge >= 0.3 is 5.97 Å². The van der Waals surface area contributed by atoms with Crippen LogP contribution < -0.4 is 4.74 Å². The molecule has 1 aliphatic carbocycles. The molecule has 2 fully saturated rings. The Bertz CT molecular complexity index is 737. The van der Waals surface area contributed by atoms with Gasteiger partial charge in [0.25, 0.3) is 0 Å². The fraction of sp³-hybridized carbons (Fsp3) is 0.625. The first-order chi connectivity index (χ1) is 13.3. The van der Waals surface area contributed by atoms with Crippen LogP contribution in [0.5, 0.6) is 5.75 Å². The van der Waals surface area contributed by atoms with Gasteiger partial charge in [-0.1, -0.05) is 24.7 Å². The Balaban J connectivity index is 1.56. The highest BCUT2D eigenvalue weighted by molar-refractivity contribution is 7.97. The Morgan fingerprint density at radius 3 is 2.32 bits per heavy atom. The monoisotopic (exact) mass is 401 g/mol. The molecular weight excluding hydrogens is 368 g/mol. The molecule has 152 valence electrons. The number of carbonyl (C=O) groups excluding carboxylic acids is 1. The molecule has 1 heterocycles. The standard InChI is InChI=1S/C24H33O3S/c1-18-15-21(28-13-7-8-14-28)16-19(2)23(18)26-17-22(25)27-24(3,4)12-11-20-9-5-6-10-20/h15-16,20H,5-10,13-14,17H2,1-4H3/q+1. The molecule has 0 unspecified atom stereocenters. The zero-order chi connectivity index (χ0) is 20.1. The number of hydrogen-bond acceptors (Lipinski definition) is 3. The van der Waals surface area contributed by atoms with Crippen molar-refractivity contribution in [1.29, 1.82) is 0 Å². The number of carbonyl (C=O) groups is 1. The van der Waals surface area contributed by atoms with Gasteiger partial charge in [0.05, 0.1) is 0 Å². The van der Waals surface area contributed by atoms with E-state index in [9.17, 15) is 4.79 Å². The van der Waals surface area contributed by atoms with Crippen molar-refractivity contribution in [1.82, 2.24) is 0 Å². The van der Waals surface area contributed by atoms with E-state index < -0.39 is 5.60 Å². The second-order valence-corrected chi connectivity index (χ2v) is 10.8. The van der Waals surface area contributed by atoms with Gasteiger partial charge in [-0.05, 0) is 76.6 Å². The third-order valence-electron chi connectivity index (χ3n) is 5.43. The summed E-state index contributed by atoms with van der Waals surface area (Å²) in [6.45, 7) is 7.74. The maximum absolute atomic E-state index is 12.3. The van der Waals surface area contributed by atoms with Crippen LogP contribution in [0.2, 0.25) is 0 Å². The second kappa shape index (κ2) is 9.27. The van der Waals surface area contributed by atoms with Crippen molar-refractivity contribution < 1.29 is 14.3 Å². The molecule has 3 rings (SSSR count). The lowest BCUT2D eigenvalue weighted by atomic mass is 10.1. The van der Waals surface area contributed by atoms with Gasteiger partial charge in [-0.2, -0.15) is 0 Å². The Labute approximate surface area is 172 Å². The van der Waals surface area contributed by atoms with E-state index in [1.165, 1.54) is 42.1 Å². The molecule has 0 radical (unpaired) electrons. The van der Waals surface area contributed by atoms with Gasteiger partial charge in [0.1, 0.15) is 17.3 Å². The Morgan fingerprint density at radius 1 is 1.11 bits per heavy atom. The lowest BCUT2D eigenvalue weighted by molar-refractivity contribution is -0.154. The van der Waals surface area contributed by atoms with Gasteiger partial charge in [0, 0.05) is 16.8 Å². The van der Waals surface area contributed by atoms with Crippen molar-refractivity contribution in [2.24, 2.45) is 5.92 Å². The van der Waals surface area contributed by atoms with Crippen LogP contribution in [-0.2, 0) is 20.4 Å². The summed E-state index contributed by atoms with van der Waals surface area (Å²) in [6, 6.07) is 4.47. The summed E-state index contributed by atoms with van der Waals surface area (Å²) in [5.41, 5.74) is 1.42. The summed E-state index contributed by atoms with van der Waals surface area (Å²) in [5, 5.41) is 0. The number of hydrogen-bond donors (Lipinski definition) is 0. The first kappa shape index (κ1) is 21.1. The van der Waals surface area contributed by atoms with E-state index in [4.69, 9.17) is 9.47 Å². The lowest BCUT2D eigenvalue weighted by Gasteiger charge is -2.20. The lowest BCUT2D eigenvalue weighted by Crippen LogP contribution is -2.29. The highest BCUT2D eigenvalue weighted by Gasteiger charge is 2.28. The summed E-state index contributed by atoms with van der Waals surface area (Å²) in [5.74, 6) is 9.94. The Hall–Kier alpha value is -1.60. The number of esters is 1. The molecule has 2 aliphatic rings. The first-order valence-electron chi connectivity index (χ1n) is 10.5. The molecule has 0 atom stereocenters. The fourth-order valence-electron chi connectivity index (χ4n) is 4.01. The SMILES string of the molecule is Cc1cc([S+]2CCCC2)cc(C)c1OCC(=O)OC(C)(C)C#CC1CCCC1. The molecule has 3 nitrogen and oxygen atoms in total. The van der Waals surface area contributed by atoms with Crippen LogP contribution in [0, 0.1) is 31.6 Å². The van der Waals surface area contributed by atoms with E-state index >= 15 is 0 Å². The topological polar surface area (TPSA) is 35.5 Å². The molecule has 0 N–H and O–H groups in total. The average Bonchev–Trinajstić information content (AvgIpc) is 3.32. The van der Waals surface area contributed by atoms with Crippen molar-refractivity contribution in [3.63, 3.8) is 0 Å². The Kier molecular flexibility index (Phi) is 6.99. The molecule has 1 aliphatic heterocycles. The molecule has 28 heavy (non-hydrogen) atoms. The Morgan fingerprint density at radius 2 is 1.71 bits per heavy atom. The molecule has 1 saturated carbocycles. The molecule has 1 aromatic rings. The first-order valence-corrected chi connectivity index (χ1v) is 12.1. The highest BCUT2D eigenvalue weighted by atomic mass is 32.2. The summed E-state index contributed by atoms with van der Waals surface area (Å²) in [6.07, 6.45) is 7.51. The van der Waals surface area contributed by atoms with Crippen LogP contribution >= 0.6 is 0 Å². The van der Waals surface area contributed by atoms with Crippen molar-refractivity contribution in [3.05, 3.63) is 23.3 Å². The van der Waals surface area contributed by atoms with Gasteiger partial charge < -0.3 is 9.47 Å². The summed E-state index contributed by atoms with van der Waals surface area (Å²) >= 11 is 0. The van der Waals surface area contributed by atoms with Gasteiger partial charge in [-0.3, -0.25) is 0 Å². The highest BCUT2D eigenvalue weighted by Crippen LogP contribution is 2.31. The predicted molar refractivity (Wildman–Crippen MR) is 116 cm³/mol. The van der Waals surface area contributed by atoms with Gasteiger partial charge in [0.2, 0.25) is 0 Å². The summed E-state index contributed by atoms with van der Waals surface area (Å²) < 4.78 is 11.4. The minimum Gasteiger partial charge on any atom is -0.481 e.